The van der Waals surface area contributed by atoms with E-state index in [0.717, 1.165) is 100 Å². The van der Waals surface area contributed by atoms with Crippen LogP contribution in [0, 0.1) is 0 Å². The summed E-state index contributed by atoms with van der Waals surface area (Å²) in [5.74, 6) is 3.28. The molecule has 0 aliphatic heterocycles. The minimum Gasteiger partial charge on any atom is -0.497 e. The minimum atomic E-state index is -0.367. The molecule has 6 nitrogen and oxygen atoms in total. The summed E-state index contributed by atoms with van der Waals surface area (Å²) in [6, 6.07) is 31.2. The molecular weight excluding hydrogens is 744 g/mol. The van der Waals surface area contributed by atoms with Crippen molar-refractivity contribution >= 4 is 64.6 Å². The molecule has 0 fully saturated rings. The Morgan fingerprint density at radius 1 is 0.653 bits per heavy atom. The number of aromatic nitrogens is 2. The van der Waals surface area contributed by atoms with Crippen LogP contribution in [0.5, 0.6) is 23.0 Å². The Morgan fingerprint density at radius 3 is 1.76 bits per heavy atom. The summed E-state index contributed by atoms with van der Waals surface area (Å²) in [5, 5.41) is 3.37. The molecule has 0 amide bonds. The number of methoxy groups -OCH3 is 3. The van der Waals surface area contributed by atoms with Gasteiger partial charge in [0.1, 0.15) is 28.6 Å². The lowest BCUT2D eigenvalue weighted by atomic mass is 9.95. The van der Waals surface area contributed by atoms with Gasteiger partial charge in [-0.3, -0.25) is 0 Å². The van der Waals surface area contributed by atoms with Crippen molar-refractivity contribution in [1.82, 2.24) is 9.55 Å². The summed E-state index contributed by atoms with van der Waals surface area (Å²) >= 11 is 8.28. The maximum absolute atomic E-state index is 6.51. The van der Waals surface area contributed by atoms with Crippen molar-refractivity contribution in [2.24, 2.45) is 0 Å². The smallest absolute Gasteiger partial charge is 0.144 e. The average molecular weight is 783 g/mol. The van der Waals surface area contributed by atoms with Crippen molar-refractivity contribution in [2.45, 2.75) is 39.3 Å². The zero-order valence-corrected chi connectivity index (χ0v) is 31.6. The first kappa shape index (κ1) is 33.1. The number of aromatic amines is 1. The summed E-state index contributed by atoms with van der Waals surface area (Å²) in [7, 11) is 5.09. The molecule has 250 valence electrons. The second-order valence-electron chi connectivity index (χ2n) is 13.1. The number of hydrogen-bond donors (Lipinski definition) is 1. The van der Waals surface area contributed by atoms with Gasteiger partial charge in [-0.25, -0.2) is 0 Å². The molecule has 49 heavy (non-hydrogen) atoms. The van der Waals surface area contributed by atoms with Crippen molar-refractivity contribution in [2.75, 3.05) is 21.3 Å². The Labute approximate surface area is 303 Å². The van der Waals surface area contributed by atoms with Gasteiger partial charge in [0.2, 0.25) is 0 Å². The van der Waals surface area contributed by atoms with E-state index in [1.807, 2.05) is 42.5 Å². The van der Waals surface area contributed by atoms with Gasteiger partial charge < -0.3 is 28.5 Å². The van der Waals surface area contributed by atoms with Gasteiger partial charge in [-0.05, 0) is 118 Å². The number of hydrogen-bond acceptors (Lipinski definition) is 4. The molecule has 0 unspecified atom stereocenters. The van der Waals surface area contributed by atoms with E-state index < -0.39 is 0 Å². The molecule has 0 aliphatic rings. The van der Waals surface area contributed by atoms with Crippen molar-refractivity contribution in [3.05, 3.63) is 106 Å². The monoisotopic (exact) mass is 780 g/mol. The van der Waals surface area contributed by atoms with Gasteiger partial charge in [-0.15, -0.1) is 0 Å². The highest BCUT2D eigenvalue weighted by molar-refractivity contribution is 9.11. The van der Waals surface area contributed by atoms with Crippen LogP contribution in [0.1, 0.15) is 26.3 Å². The zero-order valence-electron chi connectivity index (χ0n) is 28.4. The summed E-state index contributed by atoms with van der Waals surface area (Å²) in [5.41, 5.74) is 8.31. The normalized spacial score (nSPS) is 11.8. The lowest BCUT2D eigenvalue weighted by Gasteiger charge is -2.21. The predicted molar refractivity (Wildman–Crippen MR) is 208 cm³/mol. The van der Waals surface area contributed by atoms with Crippen LogP contribution in [0.4, 0.5) is 0 Å². The van der Waals surface area contributed by atoms with Crippen LogP contribution >= 0.6 is 31.9 Å². The first-order valence-electron chi connectivity index (χ1n) is 16.2. The topological polar surface area (TPSA) is 57.6 Å². The van der Waals surface area contributed by atoms with E-state index >= 15 is 0 Å². The molecule has 2 heterocycles. The van der Waals surface area contributed by atoms with Crippen LogP contribution in [0.25, 0.3) is 55.0 Å². The zero-order chi connectivity index (χ0) is 34.4. The van der Waals surface area contributed by atoms with E-state index in [0.29, 0.717) is 0 Å². The van der Waals surface area contributed by atoms with Crippen LogP contribution < -0.4 is 18.9 Å². The fraction of sp³-hybridized carbons (Fsp3) is 0.220. The van der Waals surface area contributed by atoms with Crippen molar-refractivity contribution in [1.29, 1.82) is 0 Å². The number of fused-ring (bicyclic) bond motifs is 5. The Balaban J connectivity index is 1.60. The molecule has 7 aromatic rings. The standard InChI is InChI=1S/C41H38Br2N2O4/c1-41(2,3)49-31-9-7-8-30-34-35-32(25-12-18-28(47-5)19-13-25)40(43)45(23-22-24-10-16-27(46-4)17-11-24)39(35)33(36(42)38(34)44-37(30)31)26-14-20-29(48-6)21-15-26/h7-21,44H,22-23H2,1-6H3. The van der Waals surface area contributed by atoms with E-state index in [-0.39, 0.29) is 5.60 Å². The quantitative estimate of drug-likeness (QED) is 0.158. The van der Waals surface area contributed by atoms with Gasteiger partial charge in [-0.1, -0.05) is 48.5 Å². The fourth-order valence-corrected chi connectivity index (χ4v) is 8.13. The van der Waals surface area contributed by atoms with Gasteiger partial charge in [0, 0.05) is 33.8 Å². The number of nitrogens with one attached hydrogen (secondary N) is 1. The largest absolute Gasteiger partial charge is 0.497 e. The highest BCUT2D eigenvalue weighted by Crippen LogP contribution is 2.52. The highest BCUT2D eigenvalue weighted by atomic mass is 79.9. The molecule has 0 spiro atoms. The van der Waals surface area contributed by atoms with Gasteiger partial charge in [-0.2, -0.15) is 0 Å². The van der Waals surface area contributed by atoms with Gasteiger partial charge >= 0.3 is 0 Å². The fourth-order valence-electron chi connectivity index (χ4n) is 6.64. The molecule has 0 saturated heterocycles. The van der Waals surface area contributed by atoms with Crippen LogP contribution in [0.2, 0.25) is 0 Å². The third kappa shape index (κ3) is 6.06. The SMILES string of the molecule is COc1ccc(CCn2c(Br)c(-c3ccc(OC)cc3)c3c4c([nH]c5c(OC(C)(C)C)cccc54)c(Br)c(-c4ccc(OC)cc4)c32)cc1. The molecule has 0 radical (unpaired) electrons. The Hall–Kier alpha value is -4.40. The highest BCUT2D eigenvalue weighted by Gasteiger charge is 2.28. The summed E-state index contributed by atoms with van der Waals surface area (Å²) in [6.07, 6.45) is 0.823. The molecule has 0 bridgehead atoms. The average Bonchev–Trinajstić information content (AvgIpc) is 3.63. The number of rotatable bonds is 9. The molecule has 0 saturated carbocycles. The van der Waals surface area contributed by atoms with E-state index in [2.05, 4.69) is 111 Å². The van der Waals surface area contributed by atoms with Crippen molar-refractivity contribution in [3.8, 4) is 45.3 Å². The molecular formula is C41H38Br2N2O4. The van der Waals surface area contributed by atoms with Gasteiger partial charge in [0.15, 0.2) is 0 Å². The predicted octanol–water partition coefficient (Wildman–Crippen LogP) is 11.6. The Kier molecular flexibility index (Phi) is 8.88. The number of ether oxygens (including phenoxy) is 4. The number of para-hydroxylation sites is 1. The molecule has 8 heteroatoms. The van der Waals surface area contributed by atoms with E-state index in [9.17, 15) is 0 Å². The second kappa shape index (κ2) is 13.1. The summed E-state index contributed by atoms with van der Waals surface area (Å²) < 4.78 is 27.4. The molecule has 2 aromatic heterocycles. The molecule has 1 N–H and O–H groups in total. The lowest BCUT2D eigenvalue weighted by Crippen LogP contribution is -2.23. The van der Waals surface area contributed by atoms with E-state index in [1.54, 1.807) is 21.3 Å². The lowest BCUT2D eigenvalue weighted by molar-refractivity contribution is 0.133. The number of H-pyrrole nitrogens is 1. The van der Waals surface area contributed by atoms with Crippen molar-refractivity contribution in [3.63, 3.8) is 0 Å². The van der Waals surface area contributed by atoms with E-state index in [1.165, 1.54) is 5.56 Å². The number of halogens is 2. The number of nitrogens with zero attached hydrogens (tertiary/aromatic N) is 1. The number of aryl methyl sites for hydroxylation is 2. The minimum absolute atomic E-state index is 0.367. The summed E-state index contributed by atoms with van der Waals surface area (Å²) in [4.78, 5) is 3.80. The van der Waals surface area contributed by atoms with Crippen LogP contribution in [-0.4, -0.2) is 36.5 Å². The van der Waals surface area contributed by atoms with Crippen LogP contribution in [-0.2, 0) is 13.0 Å². The van der Waals surface area contributed by atoms with Gasteiger partial charge in [0.25, 0.3) is 0 Å². The Bertz CT molecular complexity index is 2300. The third-order valence-electron chi connectivity index (χ3n) is 8.88. The molecule has 7 rings (SSSR count). The van der Waals surface area contributed by atoms with E-state index in [4.69, 9.17) is 18.9 Å². The molecule has 0 atom stereocenters. The first-order chi connectivity index (χ1) is 23.6. The third-order valence-corrected chi connectivity index (χ3v) is 10.5. The van der Waals surface area contributed by atoms with Crippen LogP contribution in [0.3, 0.4) is 0 Å². The number of benzene rings is 5. The van der Waals surface area contributed by atoms with Crippen LogP contribution in [0.15, 0.2) is 100 Å². The molecule has 0 aliphatic carbocycles. The van der Waals surface area contributed by atoms with Gasteiger partial charge in [0.05, 0.1) is 47.0 Å². The Morgan fingerprint density at radius 2 is 1.20 bits per heavy atom. The first-order valence-corrected chi connectivity index (χ1v) is 17.8. The summed E-state index contributed by atoms with van der Waals surface area (Å²) in [6.45, 7) is 6.96. The van der Waals surface area contributed by atoms with Crippen molar-refractivity contribution < 1.29 is 18.9 Å². The molecule has 5 aromatic carbocycles. The maximum atomic E-state index is 6.51. The second-order valence-corrected chi connectivity index (χ2v) is 14.6. The maximum Gasteiger partial charge on any atom is 0.144 e.